The minimum atomic E-state index is 0.00663. The Labute approximate surface area is 112 Å². The normalized spacial score (nSPS) is 10.2. The van der Waals surface area contributed by atoms with E-state index in [0.29, 0.717) is 18.0 Å². The summed E-state index contributed by atoms with van der Waals surface area (Å²) in [5, 5.41) is 9.06. The smallest absolute Gasteiger partial charge is 0.141 e. The molecule has 0 aromatic heterocycles. The van der Waals surface area contributed by atoms with Gasteiger partial charge in [-0.05, 0) is 35.4 Å². The zero-order chi connectivity index (χ0) is 13.7. The summed E-state index contributed by atoms with van der Waals surface area (Å²) in [6.07, 6.45) is 0. The lowest BCUT2D eigenvalue weighted by molar-refractivity contribution is 0.278. The molecule has 0 radical (unpaired) electrons. The third-order valence-corrected chi connectivity index (χ3v) is 2.78. The lowest BCUT2D eigenvalue weighted by atomic mass is 10.2. The molecule has 3 N–H and O–H groups in total. The number of nitrogens with two attached hydrogens (primary N) is 1. The fraction of sp³-hybridized carbons (Fsp3) is 0.200. The highest BCUT2D eigenvalue weighted by molar-refractivity contribution is 5.54. The zero-order valence-electron chi connectivity index (χ0n) is 10.8. The van der Waals surface area contributed by atoms with E-state index in [9.17, 15) is 0 Å². The maximum absolute atomic E-state index is 9.06. The average Bonchev–Trinajstić information content (AvgIpc) is 2.45. The van der Waals surface area contributed by atoms with Crippen LogP contribution in [0.1, 0.15) is 11.1 Å². The number of aliphatic hydroxyl groups excluding tert-OH is 1. The van der Waals surface area contributed by atoms with Gasteiger partial charge in [0.15, 0.2) is 0 Å². The lowest BCUT2D eigenvalue weighted by Crippen LogP contribution is -1.99. The van der Waals surface area contributed by atoms with Gasteiger partial charge >= 0.3 is 0 Å². The van der Waals surface area contributed by atoms with Gasteiger partial charge in [-0.3, -0.25) is 0 Å². The Balaban J connectivity index is 2.03. The Morgan fingerprint density at radius 2 is 1.95 bits per heavy atom. The molecule has 0 aliphatic carbocycles. The van der Waals surface area contributed by atoms with Crippen LogP contribution in [0.3, 0.4) is 0 Å². The molecule has 2 rings (SSSR count). The summed E-state index contributed by atoms with van der Waals surface area (Å²) in [6, 6.07) is 12.9. The molecule has 2 aromatic carbocycles. The minimum absolute atomic E-state index is 0.00663. The fourth-order valence-corrected chi connectivity index (χ4v) is 1.77. The van der Waals surface area contributed by atoms with Crippen molar-refractivity contribution in [1.82, 2.24) is 0 Å². The van der Waals surface area contributed by atoms with E-state index in [4.69, 9.17) is 20.3 Å². The van der Waals surface area contributed by atoms with Gasteiger partial charge in [0.2, 0.25) is 0 Å². The summed E-state index contributed by atoms with van der Waals surface area (Å²) in [5.41, 5.74) is 8.21. The molecule has 0 aliphatic heterocycles. The average molecular weight is 259 g/mol. The standard InChI is InChI=1S/C15H17NO3/c1-18-15-6-5-12(8-14(15)16)10-19-13-4-2-3-11(7-13)9-17/h2-8,17H,9-10,16H2,1H3. The summed E-state index contributed by atoms with van der Waals surface area (Å²) >= 11 is 0. The first-order valence-corrected chi connectivity index (χ1v) is 5.98. The molecule has 0 heterocycles. The number of benzene rings is 2. The second-order valence-corrected chi connectivity index (χ2v) is 4.17. The van der Waals surface area contributed by atoms with Crippen LogP contribution in [-0.2, 0) is 13.2 Å². The zero-order valence-corrected chi connectivity index (χ0v) is 10.8. The first-order valence-electron chi connectivity index (χ1n) is 5.98. The summed E-state index contributed by atoms with van der Waals surface area (Å²) in [7, 11) is 1.59. The first-order chi connectivity index (χ1) is 9.22. The van der Waals surface area contributed by atoms with E-state index in [2.05, 4.69) is 0 Å². The topological polar surface area (TPSA) is 64.7 Å². The number of hydrogen-bond donors (Lipinski definition) is 2. The number of ether oxygens (including phenoxy) is 2. The van der Waals surface area contributed by atoms with E-state index >= 15 is 0 Å². The minimum Gasteiger partial charge on any atom is -0.495 e. The van der Waals surface area contributed by atoms with Crippen LogP contribution in [0.4, 0.5) is 5.69 Å². The summed E-state index contributed by atoms with van der Waals surface area (Å²) in [5.74, 6) is 1.38. The van der Waals surface area contributed by atoms with E-state index in [1.165, 1.54) is 0 Å². The Morgan fingerprint density at radius 3 is 2.63 bits per heavy atom. The van der Waals surface area contributed by atoms with E-state index in [1.54, 1.807) is 7.11 Å². The van der Waals surface area contributed by atoms with Crippen LogP contribution in [0.15, 0.2) is 42.5 Å². The molecule has 0 saturated heterocycles. The van der Waals surface area contributed by atoms with Crippen LogP contribution >= 0.6 is 0 Å². The molecule has 0 bridgehead atoms. The summed E-state index contributed by atoms with van der Waals surface area (Å²) < 4.78 is 10.8. The number of anilines is 1. The molecule has 0 aliphatic rings. The molecule has 0 amide bonds. The maximum Gasteiger partial charge on any atom is 0.141 e. The summed E-state index contributed by atoms with van der Waals surface area (Å²) in [4.78, 5) is 0. The predicted octanol–water partition coefficient (Wildman–Crippen LogP) is 2.35. The second-order valence-electron chi connectivity index (χ2n) is 4.17. The molecule has 2 aromatic rings. The highest BCUT2D eigenvalue weighted by Gasteiger charge is 2.02. The monoisotopic (exact) mass is 259 g/mol. The van der Waals surface area contributed by atoms with Crippen molar-refractivity contribution in [3.63, 3.8) is 0 Å². The number of rotatable bonds is 5. The summed E-state index contributed by atoms with van der Waals surface area (Å²) in [6.45, 7) is 0.426. The molecular formula is C15H17NO3. The van der Waals surface area contributed by atoms with E-state index in [1.807, 2.05) is 42.5 Å². The molecule has 0 atom stereocenters. The number of aliphatic hydroxyl groups is 1. The first kappa shape index (κ1) is 13.2. The van der Waals surface area contributed by atoms with Crippen molar-refractivity contribution < 1.29 is 14.6 Å². The number of methoxy groups -OCH3 is 1. The Hall–Kier alpha value is -2.20. The van der Waals surface area contributed by atoms with Gasteiger partial charge in [0.25, 0.3) is 0 Å². The Morgan fingerprint density at radius 1 is 1.11 bits per heavy atom. The molecule has 4 heteroatoms. The van der Waals surface area contributed by atoms with E-state index < -0.39 is 0 Å². The van der Waals surface area contributed by atoms with Crippen molar-refractivity contribution in [2.24, 2.45) is 0 Å². The van der Waals surface area contributed by atoms with Gasteiger partial charge in [-0.2, -0.15) is 0 Å². The van der Waals surface area contributed by atoms with Crippen molar-refractivity contribution in [3.8, 4) is 11.5 Å². The molecule has 0 unspecified atom stereocenters. The lowest BCUT2D eigenvalue weighted by Gasteiger charge is -2.09. The van der Waals surface area contributed by atoms with Crippen molar-refractivity contribution in [2.75, 3.05) is 12.8 Å². The fourth-order valence-electron chi connectivity index (χ4n) is 1.77. The van der Waals surface area contributed by atoms with Crippen LogP contribution < -0.4 is 15.2 Å². The van der Waals surface area contributed by atoms with Crippen LogP contribution in [0.25, 0.3) is 0 Å². The van der Waals surface area contributed by atoms with Crippen molar-refractivity contribution in [1.29, 1.82) is 0 Å². The van der Waals surface area contributed by atoms with Crippen LogP contribution in [-0.4, -0.2) is 12.2 Å². The second kappa shape index (κ2) is 6.11. The molecule has 0 fully saturated rings. The molecule has 0 saturated carbocycles. The van der Waals surface area contributed by atoms with Crippen LogP contribution in [0.5, 0.6) is 11.5 Å². The quantitative estimate of drug-likeness (QED) is 0.809. The van der Waals surface area contributed by atoms with Crippen molar-refractivity contribution in [3.05, 3.63) is 53.6 Å². The molecule has 19 heavy (non-hydrogen) atoms. The molecule has 4 nitrogen and oxygen atoms in total. The highest BCUT2D eigenvalue weighted by atomic mass is 16.5. The molecule has 0 spiro atoms. The van der Waals surface area contributed by atoms with Gasteiger partial charge in [0, 0.05) is 0 Å². The predicted molar refractivity (Wildman–Crippen MR) is 74.1 cm³/mol. The molecule has 100 valence electrons. The number of hydrogen-bond acceptors (Lipinski definition) is 4. The highest BCUT2D eigenvalue weighted by Crippen LogP contribution is 2.23. The van der Waals surface area contributed by atoms with Gasteiger partial charge < -0.3 is 20.3 Å². The third-order valence-electron chi connectivity index (χ3n) is 2.78. The SMILES string of the molecule is COc1ccc(COc2cccc(CO)c2)cc1N. The van der Waals surface area contributed by atoms with Crippen LogP contribution in [0, 0.1) is 0 Å². The van der Waals surface area contributed by atoms with Gasteiger partial charge in [-0.25, -0.2) is 0 Å². The maximum atomic E-state index is 9.06. The van der Waals surface area contributed by atoms with Gasteiger partial charge in [-0.1, -0.05) is 18.2 Å². The largest absolute Gasteiger partial charge is 0.495 e. The third kappa shape index (κ3) is 3.39. The Kier molecular flexibility index (Phi) is 4.26. The van der Waals surface area contributed by atoms with Crippen molar-refractivity contribution in [2.45, 2.75) is 13.2 Å². The van der Waals surface area contributed by atoms with E-state index in [0.717, 1.165) is 16.9 Å². The van der Waals surface area contributed by atoms with Crippen molar-refractivity contribution >= 4 is 5.69 Å². The van der Waals surface area contributed by atoms with Gasteiger partial charge in [-0.15, -0.1) is 0 Å². The van der Waals surface area contributed by atoms with Crippen LogP contribution in [0.2, 0.25) is 0 Å². The van der Waals surface area contributed by atoms with E-state index in [-0.39, 0.29) is 6.61 Å². The Bertz CT molecular complexity index is 555. The van der Waals surface area contributed by atoms with Gasteiger partial charge in [0.1, 0.15) is 18.1 Å². The van der Waals surface area contributed by atoms with Gasteiger partial charge in [0.05, 0.1) is 19.4 Å². The molecular weight excluding hydrogens is 242 g/mol. The number of nitrogen functional groups attached to an aromatic ring is 1.